The average molecular weight is 245 g/mol. The molecule has 0 spiro atoms. The van der Waals surface area contributed by atoms with Crippen LogP contribution in [0.4, 0.5) is 0 Å². The lowest BCUT2D eigenvalue weighted by Crippen LogP contribution is -2.14. The second-order valence-electron chi connectivity index (χ2n) is 3.69. The van der Waals surface area contributed by atoms with Gasteiger partial charge in [-0.25, -0.2) is 4.79 Å². The minimum absolute atomic E-state index is 0.0713. The number of rotatable bonds is 2. The molecule has 0 saturated heterocycles. The first-order chi connectivity index (χ1) is 7.29. The summed E-state index contributed by atoms with van der Waals surface area (Å²) in [5, 5.41) is 28.1. The summed E-state index contributed by atoms with van der Waals surface area (Å²) in [6, 6.07) is 0. The van der Waals surface area contributed by atoms with E-state index >= 15 is 0 Å². The van der Waals surface area contributed by atoms with E-state index < -0.39 is 12.1 Å². The van der Waals surface area contributed by atoms with E-state index in [2.05, 4.69) is 0 Å². The maximum atomic E-state index is 10.8. The van der Waals surface area contributed by atoms with Crippen molar-refractivity contribution in [2.24, 2.45) is 0 Å². The number of phenolic OH excluding ortho intramolecular Hbond substituents is 1. The quantitative estimate of drug-likeness (QED) is 0.744. The summed E-state index contributed by atoms with van der Waals surface area (Å²) in [5.74, 6) is -1.41. The van der Waals surface area contributed by atoms with Crippen molar-refractivity contribution in [3.05, 3.63) is 27.3 Å². The van der Waals surface area contributed by atoms with E-state index in [9.17, 15) is 15.0 Å². The molecule has 4 nitrogen and oxygen atoms in total. The fourth-order valence-corrected chi connectivity index (χ4v) is 1.90. The van der Waals surface area contributed by atoms with E-state index in [4.69, 9.17) is 16.7 Å². The van der Waals surface area contributed by atoms with Gasteiger partial charge in [-0.15, -0.1) is 0 Å². The third-order valence-electron chi connectivity index (χ3n) is 2.77. The highest BCUT2D eigenvalue weighted by Crippen LogP contribution is 2.38. The molecule has 0 heterocycles. The van der Waals surface area contributed by atoms with Crippen LogP contribution in [0.5, 0.6) is 5.75 Å². The fourth-order valence-electron chi connectivity index (χ4n) is 1.65. The van der Waals surface area contributed by atoms with E-state index in [0.29, 0.717) is 16.7 Å². The molecule has 5 heteroatoms. The second-order valence-corrected chi connectivity index (χ2v) is 4.07. The molecule has 0 aliphatic heterocycles. The average Bonchev–Trinajstić information content (AvgIpc) is 2.23. The highest BCUT2D eigenvalue weighted by atomic mass is 35.5. The number of hydrogen-bond acceptors (Lipinski definition) is 3. The molecule has 1 unspecified atom stereocenters. The van der Waals surface area contributed by atoms with Crippen LogP contribution in [0, 0.1) is 20.8 Å². The van der Waals surface area contributed by atoms with Crippen LogP contribution >= 0.6 is 11.6 Å². The molecule has 1 rings (SSSR count). The van der Waals surface area contributed by atoms with Gasteiger partial charge in [0.05, 0.1) is 5.02 Å². The summed E-state index contributed by atoms with van der Waals surface area (Å²) in [6.45, 7) is 4.82. The molecule has 88 valence electrons. The Balaban J connectivity index is 3.57. The zero-order valence-corrected chi connectivity index (χ0v) is 9.96. The number of hydrogen-bond donors (Lipinski definition) is 3. The van der Waals surface area contributed by atoms with Gasteiger partial charge in [-0.3, -0.25) is 0 Å². The molecule has 0 aromatic heterocycles. The lowest BCUT2D eigenvalue weighted by Gasteiger charge is -2.18. The van der Waals surface area contributed by atoms with Crippen LogP contribution in [0.1, 0.15) is 28.4 Å². The zero-order chi connectivity index (χ0) is 12.6. The summed E-state index contributed by atoms with van der Waals surface area (Å²) < 4.78 is 0. The Hall–Kier alpha value is -1.26. The van der Waals surface area contributed by atoms with Gasteiger partial charge in [0.1, 0.15) is 5.75 Å². The maximum Gasteiger partial charge on any atom is 0.337 e. The van der Waals surface area contributed by atoms with Crippen molar-refractivity contribution in [1.82, 2.24) is 0 Å². The lowest BCUT2D eigenvalue weighted by molar-refractivity contribution is -0.147. The van der Waals surface area contributed by atoms with Gasteiger partial charge in [-0.05, 0) is 43.0 Å². The van der Waals surface area contributed by atoms with Crippen molar-refractivity contribution in [2.75, 3.05) is 0 Å². The Morgan fingerprint density at radius 2 is 1.69 bits per heavy atom. The standard InChI is InChI=1S/C11H13ClO4/c1-4-5(2)9(13)8(12)6(3)7(4)10(14)11(15)16/h10,13-14H,1-3H3,(H,15,16). The summed E-state index contributed by atoms with van der Waals surface area (Å²) in [6.07, 6.45) is -1.63. The Morgan fingerprint density at radius 3 is 2.12 bits per heavy atom. The first-order valence-electron chi connectivity index (χ1n) is 4.68. The van der Waals surface area contributed by atoms with E-state index in [1.165, 1.54) is 0 Å². The third kappa shape index (κ3) is 1.86. The van der Waals surface area contributed by atoms with E-state index in [-0.39, 0.29) is 16.3 Å². The second kappa shape index (κ2) is 4.31. The van der Waals surface area contributed by atoms with Crippen LogP contribution in [0.25, 0.3) is 0 Å². The van der Waals surface area contributed by atoms with E-state index in [1.54, 1.807) is 20.8 Å². The Labute approximate surface area is 98.1 Å². The summed E-state index contributed by atoms with van der Waals surface area (Å²) >= 11 is 5.85. The van der Waals surface area contributed by atoms with Crippen LogP contribution < -0.4 is 0 Å². The van der Waals surface area contributed by atoms with E-state index in [0.717, 1.165) is 0 Å². The van der Waals surface area contributed by atoms with Crippen molar-refractivity contribution in [2.45, 2.75) is 26.9 Å². The molecule has 1 aromatic rings. The maximum absolute atomic E-state index is 10.8. The number of aliphatic carboxylic acids is 1. The molecule has 0 bridgehead atoms. The Morgan fingerprint density at radius 1 is 1.19 bits per heavy atom. The molecule has 0 aliphatic carbocycles. The number of benzene rings is 1. The summed E-state index contributed by atoms with van der Waals surface area (Å²) in [5.41, 5.74) is 1.64. The number of carboxylic acids is 1. The zero-order valence-electron chi connectivity index (χ0n) is 9.21. The number of phenols is 1. The lowest BCUT2D eigenvalue weighted by atomic mass is 9.93. The van der Waals surface area contributed by atoms with Crippen molar-refractivity contribution in [1.29, 1.82) is 0 Å². The first kappa shape index (κ1) is 12.8. The van der Waals surface area contributed by atoms with Gasteiger partial charge in [-0.1, -0.05) is 11.6 Å². The molecule has 1 atom stereocenters. The third-order valence-corrected chi connectivity index (χ3v) is 3.23. The fraction of sp³-hybridized carbons (Fsp3) is 0.364. The number of carbonyl (C=O) groups is 1. The van der Waals surface area contributed by atoms with Crippen LogP contribution in [-0.4, -0.2) is 21.3 Å². The van der Waals surface area contributed by atoms with Crippen molar-refractivity contribution in [3.63, 3.8) is 0 Å². The number of aliphatic hydroxyl groups excluding tert-OH is 1. The van der Waals surface area contributed by atoms with Gasteiger partial charge in [-0.2, -0.15) is 0 Å². The van der Waals surface area contributed by atoms with E-state index in [1.807, 2.05) is 0 Å². The Bertz CT molecular complexity index is 425. The highest BCUT2D eigenvalue weighted by Gasteiger charge is 2.25. The molecule has 0 radical (unpaired) electrons. The van der Waals surface area contributed by atoms with Gasteiger partial charge in [0.2, 0.25) is 0 Å². The largest absolute Gasteiger partial charge is 0.506 e. The Kier molecular flexibility index (Phi) is 3.45. The van der Waals surface area contributed by atoms with Gasteiger partial charge >= 0.3 is 5.97 Å². The van der Waals surface area contributed by atoms with Crippen molar-refractivity contribution in [3.8, 4) is 5.75 Å². The van der Waals surface area contributed by atoms with Gasteiger partial charge in [0.15, 0.2) is 6.10 Å². The smallest absolute Gasteiger partial charge is 0.337 e. The molecule has 0 aliphatic rings. The van der Waals surface area contributed by atoms with Gasteiger partial charge in [0, 0.05) is 0 Å². The minimum atomic E-state index is -1.63. The number of carboxylic acid groups (broad SMARTS) is 1. The van der Waals surface area contributed by atoms with Gasteiger partial charge in [0.25, 0.3) is 0 Å². The first-order valence-corrected chi connectivity index (χ1v) is 5.05. The topological polar surface area (TPSA) is 77.8 Å². The molecule has 0 fully saturated rings. The molecule has 16 heavy (non-hydrogen) atoms. The van der Waals surface area contributed by atoms with Crippen LogP contribution in [0.3, 0.4) is 0 Å². The molecule has 1 aromatic carbocycles. The summed E-state index contributed by atoms with van der Waals surface area (Å²) in [4.78, 5) is 10.8. The normalized spacial score (nSPS) is 12.6. The molecule has 0 saturated carbocycles. The van der Waals surface area contributed by atoms with Crippen molar-refractivity contribution >= 4 is 17.6 Å². The molecule has 0 amide bonds. The number of halogens is 1. The SMILES string of the molecule is Cc1c(C)c(C(O)C(=O)O)c(C)c(Cl)c1O. The highest BCUT2D eigenvalue weighted by molar-refractivity contribution is 6.33. The predicted molar refractivity (Wildman–Crippen MR) is 59.9 cm³/mol. The summed E-state index contributed by atoms with van der Waals surface area (Å²) in [7, 11) is 0. The predicted octanol–water partition coefficient (Wildman–Crippen LogP) is 2.09. The molecular formula is C11H13ClO4. The minimum Gasteiger partial charge on any atom is -0.506 e. The number of aliphatic hydroxyl groups is 1. The number of aromatic hydroxyl groups is 1. The van der Waals surface area contributed by atoms with Crippen molar-refractivity contribution < 1.29 is 20.1 Å². The monoisotopic (exact) mass is 244 g/mol. The van der Waals surface area contributed by atoms with Gasteiger partial charge < -0.3 is 15.3 Å². The van der Waals surface area contributed by atoms with Crippen LogP contribution in [0.2, 0.25) is 5.02 Å². The van der Waals surface area contributed by atoms with Crippen LogP contribution in [-0.2, 0) is 4.79 Å². The molecular weight excluding hydrogens is 232 g/mol. The van der Waals surface area contributed by atoms with Crippen LogP contribution in [0.15, 0.2) is 0 Å². The molecule has 3 N–H and O–H groups in total.